The molecule has 2 heterocycles. The molecule has 0 aromatic carbocycles. The molecule has 1 saturated carbocycles. The molecule has 2 aromatic rings. The predicted octanol–water partition coefficient (Wildman–Crippen LogP) is 1.49. The van der Waals surface area contributed by atoms with Crippen LogP contribution in [0.25, 0.3) is 11.3 Å². The monoisotopic (exact) mass is 311 g/mol. The summed E-state index contributed by atoms with van der Waals surface area (Å²) < 4.78 is 0. The number of pyridine rings is 1. The van der Waals surface area contributed by atoms with E-state index in [1.54, 1.807) is 24.5 Å². The average molecular weight is 311 g/mol. The molecule has 0 radical (unpaired) electrons. The van der Waals surface area contributed by atoms with E-state index in [0.29, 0.717) is 5.69 Å². The molecule has 7 heteroatoms. The van der Waals surface area contributed by atoms with Crippen LogP contribution in [0.3, 0.4) is 0 Å². The Morgan fingerprint density at radius 1 is 0.957 bits per heavy atom. The maximum Gasteiger partial charge on any atom is 0.290 e. The lowest BCUT2D eigenvalue weighted by molar-refractivity contribution is -0.125. The largest absolute Gasteiger partial charge is 0.290 e. The highest BCUT2D eigenvalue weighted by molar-refractivity contribution is 5.98. The second kappa shape index (κ2) is 6.95. The van der Waals surface area contributed by atoms with Gasteiger partial charge in [-0.2, -0.15) is 0 Å². The normalized spacial score (nSPS) is 14.4. The number of carbonyl (C=O) groups is 2. The van der Waals surface area contributed by atoms with Crippen LogP contribution in [-0.4, -0.2) is 26.8 Å². The Balaban J connectivity index is 1.71. The molecule has 118 valence electrons. The third-order valence-electron chi connectivity index (χ3n) is 3.89. The van der Waals surface area contributed by atoms with E-state index in [4.69, 9.17) is 0 Å². The van der Waals surface area contributed by atoms with E-state index >= 15 is 0 Å². The molecular weight excluding hydrogens is 294 g/mol. The van der Waals surface area contributed by atoms with E-state index in [0.717, 1.165) is 31.2 Å². The molecule has 2 amide bonds. The first-order chi connectivity index (χ1) is 11.3. The summed E-state index contributed by atoms with van der Waals surface area (Å²) in [6, 6.07) is 3.50. The van der Waals surface area contributed by atoms with Crippen molar-refractivity contribution < 1.29 is 9.59 Å². The lowest BCUT2D eigenvalue weighted by Crippen LogP contribution is -2.44. The minimum Gasteiger partial charge on any atom is -0.273 e. The predicted molar refractivity (Wildman–Crippen MR) is 82.8 cm³/mol. The summed E-state index contributed by atoms with van der Waals surface area (Å²) in [7, 11) is 0. The maximum absolute atomic E-state index is 12.3. The highest BCUT2D eigenvalue weighted by Crippen LogP contribution is 2.24. The van der Waals surface area contributed by atoms with Crippen molar-refractivity contribution in [1.82, 2.24) is 25.8 Å². The molecule has 1 aliphatic rings. The van der Waals surface area contributed by atoms with E-state index in [1.807, 2.05) is 0 Å². The van der Waals surface area contributed by atoms with Crippen molar-refractivity contribution in [2.24, 2.45) is 5.92 Å². The van der Waals surface area contributed by atoms with Crippen LogP contribution in [0, 0.1) is 5.92 Å². The third kappa shape index (κ3) is 3.50. The Bertz CT molecular complexity index is 699. The molecule has 0 unspecified atom stereocenters. The molecule has 3 rings (SSSR count). The molecular formula is C16H17N5O2. The van der Waals surface area contributed by atoms with E-state index in [1.165, 1.54) is 12.4 Å². The molecule has 2 aromatic heterocycles. The van der Waals surface area contributed by atoms with Crippen molar-refractivity contribution >= 4 is 11.8 Å². The van der Waals surface area contributed by atoms with Crippen molar-refractivity contribution in [1.29, 1.82) is 0 Å². The fraction of sp³-hybridized carbons (Fsp3) is 0.312. The Labute approximate surface area is 133 Å². The van der Waals surface area contributed by atoms with Crippen molar-refractivity contribution in [2.45, 2.75) is 25.7 Å². The van der Waals surface area contributed by atoms with Crippen LogP contribution in [0.1, 0.15) is 36.2 Å². The van der Waals surface area contributed by atoms with Crippen molar-refractivity contribution in [3.8, 4) is 11.3 Å². The zero-order valence-electron chi connectivity index (χ0n) is 12.5. The molecule has 1 aliphatic carbocycles. The van der Waals surface area contributed by atoms with Gasteiger partial charge in [-0.05, 0) is 25.0 Å². The Morgan fingerprint density at radius 3 is 2.39 bits per heavy atom. The minimum atomic E-state index is -0.490. The first-order valence-corrected chi connectivity index (χ1v) is 7.57. The SMILES string of the molecule is O=C(NNC(=O)C1CCCC1)c1nccnc1-c1ccncc1. The van der Waals surface area contributed by atoms with E-state index in [-0.39, 0.29) is 17.5 Å². The van der Waals surface area contributed by atoms with Gasteiger partial charge in [0.05, 0.1) is 0 Å². The number of rotatable bonds is 3. The summed E-state index contributed by atoms with van der Waals surface area (Å²) in [4.78, 5) is 36.5. The lowest BCUT2D eigenvalue weighted by Gasteiger charge is -2.12. The first-order valence-electron chi connectivity index (χ1n) is 7.57. The number of hydrazine groups is 1. The van der Waals surface area contributed by atoms with Crippen LogP contribution in [0.15, 0.2) is 36.9 Å². The second-order valence-corrected chi connectivity index (χ2v) is 5.41. The topological polar surface area (TPSA) is 96.9 Å². The third-order valence-corrected chi connectivity index (χ3v) is 3.89. The standard InChI is InChI=1S/C16H17N5O2/c22-15(12-3-1-2-4-12)20-21-16(23)14-13(18-9-10-19-14)11-5-7-17-8-6-11/h5-10,12H,1-4H2,(H,20,22)(H,21,23). The van der Waals surface area contributed by atoms with Crippen molar-refractivity contribution in [2.75, 3.05) is 0 Å². The Morgan fingerprint density at radius 2 is 1.65 bits per heavy atom. The zero-order valence-corrected chi connectivity index (χ0v) is 12.5. The Kier molecular flexibility index (Phi) is 4.56. The van der Waals surface area contributed by atoms with E-state index in [9.17, 15) is 9.59 Å². The number of hydrogen-bond donors (Lipinski definition) is 2. The van der Waals surface area contributed by atoms with Gasteiger partial charge in [-0.15, -0.1) is 0 Å². The van der Waals surface area contributed by atoms with Gasteiger partial charge in [-0.25, -0.2) is 4.98 Å². The summed E-state index contributed by atoms with van der Waals surface area (Å²) in [6.45, 7) is 0. The van der Waals surface area contributed by atoms with Crippen LogP contribution in [0.2, 0.25) is 0 Å². The molecule has 0 saturated heterocycles. The quantitative estimate of drug-likeness (QED) is 0.837. The maximum atomic E-state index is 12.3. The summed E-state index contributed by atoms with van der Waals surface area (Å²) in [6.07, 6.45) is 10.1. The van der Waals surface area contributed by atoms with Crippen molar-refractivity contribution in [3.05, 3.63) is 42.6 Å². The highest BCUT2D eigenvalue weighted by Gasteiger charge is 2.23. The van der Waals surface area contributed by atoms with Gasteiger partial charge in [0.15, 0.2) is 5.69 Å². The van der Waals surface area contributed by atoms with Crippen LogP contribution in [0.4, 0.5) is 0 Å². The first kappa shape index (κ1) is 15.1. The van der Waals surface area contributed by atoms with Gasteiger partial charge in [-0.3, -0.25) is 30.4 Å². The number of hydrogen-bond acceptors (Lipinski definition) is 5. The van der Waals surface area contributed by atoms with Crippen LogP contribution >= 0.6 is 0 Å². The number of amides is 2. The molecule has 7 nitrogen and oxygen atoms in total. The number of aromatic nitrogens is 3. The van der Waals surface area contributed by atoms with E-state index < -0.39 is 5.91 Å². The lowest BCUT2D eigenvalue weighted by atomic mass is 10.1. The zero-order chi connectivity index (χ0) is 16.1. The van der Waals surface area contributed by atoms with Crippen LogP contribution in [0.5, 0.6) is 0 Å². The van der Waals surface area contributed by atoms with Crippen molar-refractivity contribution in [3.63, 3.8) is 0 Å². The van der Waals surface area contributed by atoms with Gasteiger partial charge in [0.1, 0.15) is 5.69 Å². The minimum absolute atomic E-state index is 0.0168. The number of nitrogens with one attached hydrogen (secondary N) is 2. The molecule has 23 heavy (non-hydrogen) atoms. The van der Waals surface area contributed by atoms with Gasteiger partial charge in [0.2, 0.25) is 5.91 Å². The molecule has 2 N–H and O–H groups in total. The van der Waals surface area contributed by atoms with Gasteiger partial charge < -0.3 is 0 Å². The summed E-state index contributed by atoms with van der Waals surface area (Å²) >= 11 is 0. The fourth-order valence-electron chi connectivity index (χ4n) is 2.69. The smallest absolute Gasteiger partial charge is 0.273 e. The van der Waals surface area contributed by atoms with Gasteiger partial charge in [0, 0.05) is 36.3 Å². The molecule has 0 spiro atoms. The summed E-state index contributed by atoms with van der Waals surface area (Å²) in [5, 5.41) is 0. The summed E-state index contributed by atoms with van der Waals surface area (Å²) in [5.41, 5.74) is 6.25. The number of carbonyl (C=O) groups excluding carboxylic acids is 2. The van der Waals surface area contributed by atoms with Gasteiger partial charge in [-0.1, -0.05) is 12.8 Å². The number of nitrogens with zero attached hydrogens (tertiary/aromatic N) is 3. The van der Waals surface area contributed by atoms with Crippen LogP contribution < -0.4 is 10.9 Å². The molecule has 0 atom stereocenters. The fourth-order valence-corrected chi connectivity index (χ4v) is 2.69. The second-order valence-electron chi connectivity index (χ2n) is 5.41. The molecule has 0 bridgehead atoms. The molecule has 0 aliphatic heterocycles. The van der Waals surface area contributed by atoms with Gasteiger partial charge in [0.25, 0.3) is 5.91 Å². The van der Waals surface area contributed by atoms with E-state index in [2.05, 4.69) is 25.8 Å². The average Bonchev–Trinajstić information content (AvgIpc) is 3.15. The molecule has 1 fully saturated rings. The Hall–Kier alpha value is -2.83. The summed E-state index contributed by atoms with van der Waals surface area (Å²) in [5.74, 6) is -0.654. The highest BCUT2D eigenvalue weighted by atomic mass is 16.2. The van der Waals surface area contributed by atoms with Gasteiger partial charge >= 0.3 is 0 Å². The van der Waals surface area contributed by atoms with Crippen LogP contribution in [-0.2, 0) is 4.79 Å².